The van der Waals surface area contributed by atoms with Crippen molar-refractivity contribution in [3.05, 3.63) is 192 Å². The second-order valence-corrected chi connectivity index (χ2v) is 29.8. The number of carbonyl (C=O) groups excluding carboxylic acids is 12. The van der Waals surface area contributed by atoms with E-state index >= 15 is 9.59 Å². The monoisotopic (exact) mass is 1550 g/mol. The number of thioether (sulfide) groups is 1. The molecule has 7 aromatic rings. The maximum absolute atomic E-state index is 15.3. The van der Waals surface area contributed by atoms with Crippen molar-refractivity contribution >= 4 is 93.6 Å². The Morgan fingerprint density at radius 1 is 0.607 bits per heavy atom. The lowest BCUT2D eigenvalue weighted by molar-refractivity contribution is -0.142. The summed E-state index contributed by atoms with van der Waals surface area (Å²) in [6.45, 7) is 2.94. The number of carbonyl (C=O) groups is 12. The van der Waals surface area contributed by atoms with Gasteiger partial charge in [0.1, 0.15) is 60.1 Å². The van der Waals surface area contributed by atoms with Crippen LogP contribution in [0, 0.1) is 5.92 Å². The fourth-order valence-corrected chi connectivity index (χ4v) is 15.4. The van der Waals surface area contributed by atoms with E-state index in [1.54, 1.807) is 49.3 Å². The van der Waals surface area contributed by atoms with Gasteiger partial charge in [-0.1, -0.05) is 135 Å². The summed E-state index contributed by atoms with van der Waals surface area (Å²) in [4.78, 5) is 180. The highest BCUT2D eigenvalue weighted by Gasteiger charge is 2.41. The molecule has 30 nitrogen and oxygen atoms in total. The van der Waals surface area contributed by atoms with Crippen LogP contribution in [0.15, 0.2) is 158 Å². The number of fused-ring (bicyclic) bond motifs is 1. The van der Waals surface area contributed by atoms with Crippen LogP contribution in [0.3, 0.4) is 0 Å². The zero-order valence-electron chi connectivity index (χ0n) is 63.1. The van der Waals surface area contributed by atoms with Crippen molar-refractivity contribution in [3.63, 3.8) is 0 Å². The molecule has 2 fully saturated rings. The van der Waals surface area contributed by atoms with Gasteiger partial charge in [-0.15, -0.1) is 11.8 Å². The van der Waals surface area contributed by atoms with E-state index in [1.165, 1.54) is 41.7 Å². The number of hydrogen-bond donors (Lipinski definition) is 16. The number of amides is 12. The smallest absolute Gasteiger partial charge is 0.245 e. The molecule has 0 aliphatic carbocycles. The first-order valence-electron chi connectivity index (χ1n) is 38.0. The molecule has 9 rings (SSSR count). The number of aromatic nitrogens is 3. The molecule has 2 aromatic heterocycles. The summed E-state index contributed by atoms with van der Waals surface area (Å²) in [7, 11) is 1.73. The number of nitrogens with two attached hydrogens (primary N) is 1. The van der Waals surface area contributed by atoms with Crippen LogP contribution in [0.4, 0.5) is 0 Å². The van der Waals surface area contributed by atoms with Crippen LogP contribution in [0.1, 0.15) is 118 Å². The van der Waals surface area contributed by atoms with Gasteiger partial charge in [0.25, 0.3) is 0 Å². The third kappa shape index (κ3) is 24.0. The summed E-state index contributed by atoms with van der Waals surface area (Å²) in [5.41, 5.74) is 10.4. The molecule has 0 bridgehead atoms. The third-order valence-corrected chi connectivity index (χ3v) is 21.2. The standard InChI is InChI=1S/C81H102N16O14S/c1-50(2)41-63(74(105)91-62(28-17-37-83-3)80(111)97-39-18-29-68(97)79(110)87-47-69(82)100)92-72(103)60(27-15-16-38-85-70(101)36-40-112-81(53-19-7-4-8-20-53,54-21-9-5-10-22-54)55-23-11-6-12-24-55)90-75(106)64(42-51-30-32-57(99)33-31-51)93-78(109)67(48-98)96-76(107)65(43-52-45-86-59-26-14-13-25-58(52)59)94-77(108)66(44-56-46-84-49-88-56)95-73(104)61-34-35-71(102)89-61/h4-14,19-26,30-33,45-46,49-50,60-68,83,86,98-99H,15-18,27-29,34-44,47-48H2,1-3H3,(H2,82,100)(H,84,88)(H,85,101)(H,87,110)(H,89,102)(H,90,106)(H,91,105)(H,92,103)(H,93,109)(H,94,108)(H,95,104)(H,96,107)/t60-,61+,62+,63+,64+,65+,66+,67+,68+/m1/s1. The number of benzene rings is 5. The van der Waals surface area contributed by atoms with Crippen LogP contribution < -0.4 is 64.2 Å². The van der Waals surface area contributed by atoms with E-state index in [-0.39, 0.29) is 114 Å². The third-order valence-electron chi connectivity index (χ3n) is 19.7. The number of phenolic OH excluding ortho intramolecular Hbond substituents is 1. The predicted molar refractivity (Wildman–Crippen MR) is 421 cm³/mol. The minimum atomic E-state index is -1.82. The minimum absolute atomic E-state index is 0.0364. The Labute approximate surface area is 654 Å². The molecule has 0 spiro atoms. The van der Waals surface area contributed by atoms with Crippen molar-refractivity contribution in [1.29, 1.82) is 0 Å². The van der Waals surface area contributed by atoms with Crippen molar-refractivity contribution < 1.29 is 67.7 Å². The molecule has 17 N–H and O–H groups in total. The molecule has 2 saturated heterocycles. The first-order chi connectivity index (χ1) is 54.0. The molecule has 31 heteroatoms. The number of primary amides is 1. The van der Waals surface area contributed by atoms with Gasteiger partial charge in [-0.3, -0.25) is 57.5 Å². The van der Waals surface area contributed by atoms with Crippen LogP contribution >= 0.6 is 11.8 Å². The lowest BCUT2D eigenvalue weighted by atomic mass is 9.84. The van der Waals surface area contributed by atoms with E-state index in [4.69, 9.17) is 5.73 Å². The number of nitrogens with one attached hydrogen (secondary N) is 13. The van der Waals surface area contributed by atoms with Crippen LogP contribution in [0.2, 0.25) is 0 Å². The number of rotatable bonds is 43. The van der Waals surface area contributed by atoms with Gasteiger partial charge in [-0.05, 0) is 123 Å². The van der Waals surface area contributed by atoms with Crippen molar-refractivity contribution in [2.45, 2.75) is 163 Å². The molecule has 0 saturated carbocycles. The lowest BCUT2D eigenvalue weighted by Gasteiger charge is -2.35. The number of phenols is 1. The van der Waals surface area contributed by atoms with Gasteiger partial charge in [-0.25, -0.2) is 4.98 Å². The maximum Gasteiger partial charge on any atom is 0.245 e. The van der Waals surface area contributed by atoms with Gasteiger partial charge in [-0.2, -0.15) is 0 Å². The molecule has 9 atom stereocenters. The predicted octanol–water partition coefficient (Wildman–Crippen LogP) is 2.33. The molecule has 2 aliphatic heterocycles. The molecule has 4 heterocycles. The number of para-hydroxylation sites is 1. The Bertz CT molecular complexity index is 4230. The normalized spacial score (nSPS) is 15.9. The summed E-state index contributed by atoms with van der Waals surface area (Å²) in [5.74, 6) is -8.52. The van der Waals surface area contributed by atoms with Crippen molar-refractivity contribution in [1.82, 2.24) is 78.3 Å². The SMILES string of the molecule is CNCCC[C@H](NC(=O)[C@H](CC(C)C)NC(=O)[C@@H](CCCCNC(=O)CCSC(c1ccccc1)(c1ccccc1)c1ccccc1)NC(=O)[C@H](Cc1ccc(O)cc1)NC(=O)[C@H](CO)NC(=O)[C@H](Cc1c[nH]c2ccccc12)NC(=O)[C@H](Cc1c[nH]cn1)NC(=O)[C@@H]1CCC(=O)N1)C(=O)N1CCC[C@H]1C(=O)NCC(N)=O. The Balaban J connectivity index is 0.952. The molecule has 5 aromatic carbocycles. The molecule has 2 aliphatic rings. The number of imidazole rings is 1. The highest BCUT2D eigenvalue weighted by Crippen LogP contribution is 2.48. The van der Waals surface area contributed by atoms with Gasteiger partial charge < -0.3 is 89.3 Å². The summed E-state index contributed by atoms with van der Waals surface area (Å²) in [6, 6.07) is 31.0. The van der Waals surface area contributed by atoms with E-state index in [2.05, 4.69) is 110 Å². The molecule has 0 radical (unpaired) electrons. The van der Waals surface area contributed by atoms with Crippen molar-refractivity contribution in [2.24, 2.45) is 11.7 Å². The Morgan fingerprint density at radius 3 is 1.77 bits per heavy atom. The first kappa shape index (κ1) is 84.6. The van der Waals surface area contributed by atoms with Crippen molar-refractivity contribution in [2.75, 3.05) is 45.6 Å². The number of aromatic hydroxyl groups is 1. The number of H-pyrrole nitrogens is 2. The van der Waals surface area contributed by atoms with E-state index in [1.807, 2.05) is 68.4 Å². The van der Waals surface area contributed by atoms with Gasteiger partial charge in [0.05, 0.1) is 29.9 Å². The number of unbranched alkanes of at least 4 members (excludes halogenated alkanes) is 1. The number of aromatic amines is 2. The van der Waals surface area contributed by atoms with Crippen LogP contribution in [0.5, 0.6) is 5.75 Å². The quantitative estimate of drug-likeness (QED) is 0.0193. The van der Waals surface area contributed by atoms with Crippen LogP contribution in [-0.2, 0) is 81.5 Å². The second kappa shape index (κ2) is 42.1. The molecule has 0 unspecified atom stereocenters. The lowest BCUT2D eigenvalue weighted by Crippen LogP contribution is -2.61. The molecular weight excluding hydrogens is 1450 g/mol. The summed E-state index contributed by atoms with van der Waals surface area (Å²) < 4.78 is -0.670. The Kier molecular flexibility index (Phi) is 31.8. The van der Waals surface area contributed by atoms with Crippen LogP contribution in [0.25, 0.3) is 10.9 Å². The van der Waals surface area contributed by atoms with Crippen LogP contribution in [-0.4, -0.2) is 201 Å². The number of likely N-dealkylation sites (tertiary alicyclic amines) is 1. The van der Waals surface area contributed by atoms with E-state index in [0.29, 0.717) is 52.9 Å². The van der Waals surface area contributed by atoms with Gasteiger partial charge in [0.15, 0.2) is 0 Å². The zero-order valence-corrected chi connectivity index (χ0v) is 63.9. The fraction of sp³-hybridized carbons (Fsp3) is 0.420. The molecular formula is C81H102N16O14S. The minimum Gasteiger partial charge on any atom is -0.508 e. The number of hydrogen-bond acceptors (Lipinski definition) is 17. The average molecular weight is 1560 g/mol. The topological polar surface area (TPSA) is 451 Å². The number of nitrogens with zero attached hydrogens (tertiary/aromatic N) is 2. The average Bonchev–Trinajstić information content (AvgIpc) is 1.26. The highest BCUT2D eigenvalue weighted by atomic mass is 32.2. The van der Waals surface area contributed by atoms with Gasteiger partial charge in [0.2, 0.25) is 70.9 Å². The Hall–Kier alpha value is -11.4. The summed E-state index contributed by atoms with van der Waals surface area (Å²) >= 11 is 1.63. The maximum atomic E-state index is 15.3. The van der Waals surface area contributed by atoms with Gasteiger partial charge in [0, 0.05) is 74.2 Å². The van der Waals surface area contributed by atoms with Crippen molar-refractivity contribution in [3.8, 4) is 5.75 Å². The number of aliphatic hydroxyl groups is 1. The molecule has 112 heavy (non-hydrogen) atoms. The Morgan fingerprint density at radius 2 is 1.17 bits per heavy atom. The molecule has 596 valence electrons. The highest BCUT2D eigenvalue weighted by molar-refractivity contribution is 8.00. The largest absolute Gasteiger partial charge is 0.508 e. The fourth-order valence-electron chi connectivity index (χ4n) is 13.9. The molecule has 12 amide bonds. The summed E-state index contributed by atoms with van der Waals surface area (Å²) in [5, 5.41) is 52.3. The van der Waals surface area contributed by atoms with Gasteiger partial charge >= 0.3 is 0 Å². The van der Waals surface area contributed by atoms with E-state index in [0.717, 1.165) is 16.7 Å². The first-order valence-corrected chi connectivity index (χ1v) is 38.9. The number of aliphatic hydroxyl groups excluding tert-OH is 1. The zero-order chi connectivity index (χ0) is 80.1. The van der Waals surface area contributed by atoms with E-state index < -0.39 is 131 Å². The van der Waals surface area contributed by atoms with E-state index in [9.17, 15) is 58.2 Å². The summed E-state index contributed by atoms with van der Waals surface area (Å²) in [6.07, 6.45) is 6.00. The second-order valence-electron chi connectivity index (χ2n) is 28.4.